The van der Waals surface area contributed by atoms with Crippen molar-refractivity contribution in [2.24, 2.45) is 0 Å². The van der Waals surface area contributed by atoms with E-state index >= 15 is 0 Å². The number of halogens is 1. The Bertz CT molecular complexity index is 1270. The normalized spacial score (nSPS) is 14.0. The molecule has 1 fully saturated rings. The third-order valence-electron chi connectivity index (χ3n) is 6.05. The van der Waals surface area contributed by atoms with Crippen LogP contribution in [0.25, 0.3) is 11.1 Å². The van der Waals surface area contributed by atoms with Crippen LogP contribution in [0.5, 0.6) is 5.75 Å². The molecule has 170 valence electrons. The monoisotopic (exact) mass is 465 g/mol. The van der Waals surface area contributed by atoms with E-state index in [9.17, 15) is 14.4 Å². The van der Waals surface area contributed by atoms with Crippen molar-refractivity contribution >= 4 is 23.4 Å². The van der Waals surface area contributed by atoms with E-state index in [2.05, 4.69) is 0 Å². The lowest BCUT2D eigenvalue weighted by molar-refractivity contribution is -0.121. The summed E-state index contributed by atoms with van der Waals surface area (Å²) in [6.07, 6.45) is 3.86. The number of benzene rings is 2. The molecule has 4 rings (SSSR count). The van der Waals surface area contributed by atoms with Gasteiger partial charge in [-0.05, 0) is 66.6 Å². The van der Waals surface area contributed by atoms with Gasteiger partial charge in [-0.25, -0.2) is 4.79 Å². The zero-order chi connectivity index (χ0) is 23.7. The van der Waals surface area contributed by atoms with E-state index in [4.69, 9.17) is 21.4 Å². The maximum atomic E-state index is 13.0. The number of Topliss-reactive ketones (excluding diaryl/α,β-unsaturated/α-hetero) is 1. The first kappa shape index (κ1) is 22.8. The van der Waals surface area contributed by atoms with E-state index in [0.29, 0.717) is 27.8 Å². The van der Waals surface area contributed by atoms with Gasteiger partial charge in [-0.15, -0.1) is 0 Å². The van der Waals surface area contributed by atoms with Gasteiger partial charge in [0.05, 0.1) is 24.9 Å². The summed E-state index contributed by atoms with van der Waals surface area (Å²) in [4.78, 5) is 37.0. The lowest BCUT2D eigenvalue weighted by Gasteiger charge is -2.19. The van der Waals surface area contributed by atoms with E-state index in [-0.39, 0.29) is 23.3 Å². The molecule has 7 heteroatoms. The Morgan fingerprint density at radius 3 is 2.42 bits per heavy atom. The Hall–Kier alpha value is -3.38. The maximum Gasteiger partial charge on any atom is 0.335 e. The molecule has 1 aromatic heterocycles. The minimum atomic E-state index is -1.02. The molecule has 1 aliphatic rings. The van der Waals surface area contributed by atoms with Gasteiger partial charge in [-0.2, -0.15) is 0 Å². The Labute approximate surface area is 196 Å². The van der Waals surface area contributed by atoms with Gasteiger partial charge in [0, 0.05) is 23.1 Å². The fourth-order valence-corrected chi connectivity index (χ4v) is 4.16. The molecule has 1 N–H and O–H groups in total. The predicted molar refractivity (Wildman–Crippen MR) is 126 cm³/mol. The van der Waals surface area contributed by atoms with Gasteiger partial charge >= 0.3 is 5.97 Å². The van der Waals surface area contributed by atoms with Crippen molar-refractivity contribution in [2.75, 3.05) is 7.11 Å². The highest BCUT2D eigenvalue weighted by atomic mass is 35.5. The van der Waals surface area contributed by atoms with Crippen molar-refractivity contribution in [3.8, 4) is 16.9 Å². The summed E-state index contributed by atoms with van der Waals surface area (Å²) < 4.78 is 6.98. The number of carboxylic acids is 1. The molecule has 0 radical (unpaired) electrons. The second-order valence-electron chi connectivity index (χ2n) is 8.33. The van der Waals surface area contributed by atoms with Crippen molar-refractivity contribution in [3.63, 3.8) is 0 Å². The highest BCUT2D eigenvalue weighted by Crippen LogP contribution is 2.46. The van der Waals surface area contributed by atoms with Crippen LogP contribution in [0.15, 0.2) is 59.5 Å². The van der Waals surface area contributed by atoms with Gasteiger partial charge in [0.1, 0.15) is 5.75 Å². The quantitative estimate of drug-likeness (QED) is 0.498. The van der Waals surface area contributed by atoms with Crippen LogP contribution in [-0.2, 0) is 11.2 Å². The van der Waals surface area contributed by atoms with E-state index in [1.54, 1.807) is 25.3 Å². The topological polar surface area (TPSA) is 85.6 Å². The molecule has 2 aromatic carbocycles. The van der Waals surface area contributed by atoms with Gasteiger partial charge in [0.15, 0.2) is 5.78 Å². The molecule has 1 aliphatic carbocycles. The molecule has 1 saturated carbocycles. The van der Waals surface area contributed by atoms with Gasteiger partial charge in [-0.1, -0.05) is 29.8 Å². The maximum absolute atomic E-state index is 13.0. The van der Waals surface area contributed by atoms with Crippen LogP contribution in [0.4, 0.5) is 0 Å². The van der Waals surface area contributed by atoms with Crippen molar-refractivity contribution in [1.29, 1.82) is 0 Å². The molecule has 0 saturated heterocycles. The Morgan fingerprint density at radius 1 is 1.12 bits per heavy atom. The Balaban J connectivity index is 1.64. The molecule has 1 unspecified atom stereocenters. The molecular formula is C26H24ClNO5. The molecule has 0 bridgehead atoms. The molecule has 6 nitrogen and oxygen atoms in total. The van der Waals surface area contributed by atoms with E-state index < -0.39 is 12.0 Å². The van der Waals surface area contributed by atoms with Crippen LogP contribution in [0.1, 0.15) is 53.2 Å². The Kier molecular flexibility index (Phi) is 6.38. The van der Waals surface area contributed by atoms with Crippen LogP contribution >= 0.6 is 11.6 Å². The number of aromatic carboxylic acids is 1. The third-order valence-corrected chi connectivity index (χ3v) is 6.28. The molecule has 1 heterocycles. The first-order chi connectivity index (χ1) is 15.8. The number of hydrogen-bond acceptors (Lipinski definition) is 4. The van der Waals surface area contributed by atoms with Crippen LogP contribution < -0.4 is 10.3 Å². The van der Waals surface area contributed by atoms with Gasteiger partial charge < -0.3 is 14.4 Å². The third kappa shape index (κ3) is 4.86. The number of carbonyl (C=O) groups excluding carboxylic acids is 1. The van der Waals surface area contributed by atoms with Crippen LogP contribution in [0, 0.1) is 0 Å². The number of methoxy groups -OCH3 is 1. The number of pyridine rings is 1. The number of ether oxygens (including phenoxy) is 1. The van der Waals surface area contributed by atoms with Gasteiger partial charge in [0.25, 0.3) is 5.56 Å². The summed E-state index contributed by atoms with van der Waals surface area (Å²) in [6, 6.07) is 12.6. The van der Waals surface area contributed by atoms with Crippen molar-refractivity contribution < 1.29 is 19.4 Å². The zero-order valence-corrected chi connectivity index (χ0v) is 19.1. The standard InChI is InChI=1S/C26H24ClNO5/c1-15(23(29)11-16-3-5-18(6-4-16)26(31)32)28-14-24(33-2)22(13-25(28)30)21-12-19(27)9-10-20(21)17-7-8-17/h3-6,9-10,12-15,17H,7-8,11H2,1-2H3,(H,31,32). The number of carboxylic acid groups (broad SMARTS) is 1. The molecule has 0 amide bonds. The fourth-order valence-electron chi connectivity index (χ4n) is 3.99. The number of carbonyl (C=O) groups is 2. The number of rotatable bonds is 8. The number of aromatic nitrogens is 1. The number of ketones is 1. The Morgan fingerprint density at radius 2 is 1.82 bits per heavy atom. The lowest BCUT2D eigenvalue weighted by atomic mass is 9.96. The summed E-state index contributed by atoms with van der Waals surface area (Å²) in [5.74, 6) is -0.248. The molecule has 0 spiro atoms. The second-order valence-corrected chi connectivity index (χ2v) is 8.76. The predicted octanol–water partition coefficient (Wildman–Crippen LogP) is 5.13. The van der Waals surface area contributed by atoms with E-state index in [1.165, 1.54) is 29.9 Å². The molecule has 0 aliphatic heterocycles. The average Bonchev–Trinajstić information content (AvgIpc) is 3.64. The number of nitrogens with zero attached hydrogens (tertiary/aromatic N) is 1. The molecule has 3 aromatic rings. The van der Waals surface area contributed by atoms with Crippen LogP contribution in [-0.4, -0.2) is 28.5 Å². The van der Waals surface area contributed by atoms with Crippen molar-refractivity contribution in [1.82, 2.24) is 4.57 Å². The minimum Gasteiger partial charge on any atom is -0.495 e. The molecule has 33 heavy (non-hydrogen) atoms. The molecule has 1 atom stereocenters. The summed E-state index contributed by atoms with van der Waals surface area (Å²) in [5, 5.41) is 9.60. The van der Waals surface area contributed by atoms with E-state index in [0.717, 1.165) is 24.0 Å². The van der Waals surface area contributed by atoms with Crippen molar-refractivity contribution in [2.45, 2.75) is 38.1 Å². The summed E-state index contributed by atoms with van der Waals surface area (Å²) >= 11 is 6.25. The highest BCUT2D eigenvalue weighted by molar-refractivity contribution is 6.30. The summed E-state index contributed by atoms with van der Waals surface area (Å²) in [5.41, 5.74) is 3.21. The largest absolute Gasteiger partial charge is 0.495 e. The zero-order valence-electron chi connectivity index (χ0n) is 18.4. The van der Waals surface area contributed by atoms with E-state index in [1.807, 2.05) is 18.2 Å². The smallest absolute Gasteiger partial charge is 0.335 e. The summed E-state index contributed by atoms with van der Waals surface area (Å²) in [7, 11) is 1.53. The fraction of sp³-hybridized carbons (Fsp3) is 0.269. The van der Waals surface area contributed by atoms with Crippen LogP contribution in [0.3, 0.4) is 0 Å². The highest BCUT2D eigenvalue weighted by Gasteiger charge is 2.28. The average molecular weight is 466 g/mol. The van der Waals surface area contributed by atoms with Gasteiger partial charge in [0.2, 0.25) is 0 Å². The second kappa shape index (κ2) is 9.24. The first-order valence-electron chi connectivity index (χ1n) is 10.7. The summed E-state index contributed by atoms with van der Waals surface area (Å²) in [6.45, 7) is 1.67. The first-order valence-corrected chi connectivity index (χ1v) is 11.1. The number of hydrogen-bond donors (Lipinski definition) is 1. The van der Waals surface area contributed by atoms with Gasteiger partial charge in [-0.3, -0.25) is 9.59 Å². The lowest BCUT2D eigenvalue weighted by Crippen LogP contribution is -2.28. The van der Waals surface area contributed by atoms with Crippen molar-refractivity contribution in [3.05, 3.63) is 86.8 Å². The van der Waals surface area contributed by atoms with Crippen LogP contribution in [0.2, 0.25) is 5.02 Å². The minimum absolute atomic E-state index is 0.0810. The molecular weight excluding hydrogens is 442 g/mol. The SMILES string of the molecule is COc1cn(C(C)C(=O)Cc2ccc(C(=O)O)cc2)c(=O)cc1-c1cc(Cl)ccc1C1CC1.